The number of carbonyl (C=O) groups is 1. The summed E-state index contributed by atoms with van der Waals surface area (Å²) in [6.45, 7) is 1.76. The molecule has 1 heterocycles. The highest BCUT2D eigenvalue weighted by atomic mass is 32.2. The number of nitrogens with one attached hydrogen (secondary N) is 1. The van der Waals surface area contributed by atoms with Gasteiger partial charge in [-0.15, -0.1) is 5.92 Å². The van der Waals surface area contributed by atoms with Crippen LogP contribution in [0.2, 0.25) is 0 Å². The molecule has 7 nitrogen and oxygen atoms in total. The lowest BCUT2D eigenvalue weighted by atomic mass is 10.0. The van der Waals surface area contributed by atoms with Crippen LogP contribution in [0.4, 0.5) is 0 Å². The summed E-state index contributed by atoms with van der Waals surface area (Å²) >= 11 is 0. The van der Waals surface area contributed by atoms with Crippen LogP contribution in [0.3, 0.4) is 0 Å². The van der Waals surface area contributed by atoms with Crippen LogP contribution in [-0.2, 0) is 19.5 Å². The van der Waals surface area contributed by atoms with E-state index in [1.165, 1.54) is 5.48 Å². The Morgan fingerprint density at radius 2 is 2.12 bits per heavy atom. The van der Waals surface area contributed by atoms with Crippen molar-refractivity contribution in [2.75, 3.05) is 6.26 Å². The molecule has 1 aliphatic rings. The Labute approximate surface area is 140 Å². The first-order valence-corrected chi connectivity index (χ1v) is 9.19. The van der Waals surface area contributed by atoms with E-state index < -0.39 is 27.1 Å². The van der Waals surface area contributed by atoms with Crippen molar-refractivity contribution in [2.24, 2.45) is 5.16 Å². The fraction of sp³-hybridized carbons (Fsp3) is 0.375. The van der Waals surface area contributed by atoms with Crippen molar-refractivity contribution in [1.29, 1.82) is 0 Å². The van der Waals surface area contributed by atoms with Crippen molar-refractivity contribution in [1.82, 2.24) is 5.48 Å². The molecule has 2 rings (SSSR count). The number of rotatable bonds is 5. The first-order valence-electron chi connectivity index (χ1n) is 7.24. The summed E-state index contributed by atoms with van der Waals surface area (Å²) in [5.41, 5.74) is 3.79. The molecule has 1 aromatic carbocycles. The van der Waals surface area contributed by atoms with E-state index in [0.717, 1.165) is 17.4 Å². The molecule has 0 radical (unpaired) electrons. The molecule has 128 valence electrons. The second kappa shape index (κ2) is 7.47. The number of benzene rings is 1. The van der Waals surface area contributed by atoms with Crippen LogP contribution < -0.4 is 5.48 Å². The predicted octanol–water partition coefficient (Wildman–Crippen LogP) is 0.860. The largest absolute Gasteiger partial charge is 0.392 e. The Bertz CT molecular complexity index is 803. The third kappa shape index (κ3) is 4.34. The Hall–Kier alpha value is -2.37. The number of nitrogens with zero attached hydrogens (tertiary/aromatic N) is 1. The molecule has 2 N–H and O–H groups in total. The first-order chi connectivity index (χ1) is 11.3. The molecule has 2 atom stereocenters. The lowest BCUT2D eigenvalue weighted by Gasteiger charge is -2.15. The van der Waals surface area contributed by atoms with Gasteiger partial charge < -0.3 is 4.84 Å². The minimum Gasteiger partial charge on any atom is -0.392 e. The maximum Gasteiger partial charge on any atom is 0.261 e. The maximum absolute atomic E-state index is 11.7. The van der Waals surface area contributed by atoms with Gasteiger partial charge in [0.1, 0.15) is 11.4 Å². The number of oxime groups is 1. The highest BCUT2D eigenvalue weighted by molar-refractivity contribution is 7.92. The molecule has 1 aromatic rings. The molecule has 0 saturated carbocycles. The van der Waals surface area contributed by atoms with E-state index in [-0.39, 0.29) is 6.42 Å². The van der Waals surface area contributed by atoms with Gasteiger partial charge in [0.05, 0.1) is 5.71 Å². The Morgan fingerprint density at radius 3 is 2.67 bits per heavy atom. The van der Waals surface area contributed by atoms with E-state index in [1.54, 1.807) is 6.92 Å². The molecule has 0 spiro atoms. The number of hydrogen-bond donors (Lipinski definition) is 2. The van der Waals surface area contributed by atoms with Gasteiger partial charge in [0, 0.05) is 24.7 Å². The Kier molecular flexibility index (Phi) is 5.59. The number of amides is 1. The van der Waals surface area contributed by atoms with Gasteiger partial charge in [0.2, 0.25) is 0 Å². The molecule has 0 saturated heterocycles. The van der Waals surface area contributed by atoms with Gasteiger partial charge >= 0.3 is 0 Å². The van der Waals surface area contributed by atoms with Crippen molar-refractivity contribution in [3.05, 3.63) is 35.4 Å². The van der Waals surface area contributed by atoms with Crippen molar-refractivity contribution >= 4 is 21.5 Å². The third-order valence-corrected chi connectivity index (χ3v) is 5.06. The average Bonchev–Trinajstić information content (AvgIpc) is 3.00. The zero-order chi connectivity index (χ0) is 17.7. The van der Waals surface area contributed by atoms with Gasteiger partial charge in [0.25, 0.3) is 5.91 Å². The van der Waals surface area contributed by atoms with Crippen LogP contribution in [-0.4, -0.2) is 42.9 Å². The van der Waals surface area contributed by atoms with Crippen LogP contribution >= 0.6 is 0 Å². The van der Waals surface area contributed by atoms with Crippen LogP contribution in [0, 0.1) is 11.8 Å². The summed E-state index contributed by atoms with van der Waals surface area (Å²) in [7, 11) is -3.68. The number of hydrogen-bond acceptors (Lipinski definition) is 6. The zero-order valence-electron chi connectivity index (χ0n) is 13.3. The second-order valence-electron chi connectivity index (χ2n) is 5.45. The van der Waals surface area contributed by atoms with E-state index >= 15 is 0 Å². The van der Waals surface area contributed by atoms with E-state index in [2.05, 4.69) is 17.0 Å². The molecule has 0 aliphatic carbocycles. The van der Waals surface area contributed by atoms with Gasteiger partial charge in [-0.2, -0.15) is 0 Å². The number of carbonyl (C=O) groups excluding carboxylic acids is 1. The topological polar surface area (TPSA) is 105 Å². The van der Waals surface area contributed by atoms with Gasteiger partial charge in [-0.3, -0.25) is 10.0 Å². The third-order valence-electron chi connectivity index (χ3n) is 3.62. The fourth-order valence-electron chi connectivity index (χ4n) is 2.40. The van der Waals surface area contributed by atoms with E-state index in [1.807, 2.05) is 24.3 Å². The molecule has 1 amide bonds. The van der Waals surface area contributed by atoms with Crippen molar-refractivity contribution in [2.45, 2.75) is 31.1 Å². The second-order valence-corrected chi connectivity index (χ2v) is 7.68. The van der Waals surface area contributed by atoms with Crippen molar-refractivity contribution < 1.29 is 23.3 Å². The Morgan fingerprint density at radius 1 is 1.46 bits per heavy atom. The van der Waals surface area contributed by atoms with Crippen LogP contribution in [0.25, 0.3) is 0 Å². The molecule has 0 bridgehead atoms. The van der Waals surface area contributed by atoms with Gasteiger partial charge in [-0.25, -0.2) is 13.9 Å². The van der Waals surface area contributed by atoms with Gasteiger partial charge in [0.15, 0.2) is 9.84 Å². The molecular formula is C16H18N2O5S. The summed E-state index contributed by atoms with van der Waals surface area (Å²) < 4.78 is 23.4. The zero-order valence-corrected chi connectivity index (χ0v) is 14.1. The standard InChI is InChI=1S/C16H18N2O5S/c1-3-4-11-5-7-12(8-6-11)14-9-13(23-18-14)10-15(16(19)17-20)24(2,21)22/h5-8,13,15,20H,9-10H2,1-2H3,(H,17,19). The van der Waals surface area contributed by atoms with Gasteiger partial charge in [-0.05, 0) is 24.6 Å². The number of hydroxylamine groups is 1. The summed E-state index contributed by atoms with van der Waals surface area (Å²) in [5, 5.41) is 11.3. The van der Waals surface area contributed by atoms with Crippen molar-refractivity contribution in [3.8, 4) is 11.8 Å². The first kappa shape index (κ1) is 18.0. The lowest BCUT2D eigenvalue weighted by molar-refractivity contribution is -0.129. The fourth-order valence-corrected chi connectivity index (χ4v) is 3.41. The monoisotopic (exact) mass is 350 g/mol. The molecule has 2 unspecified atom stereocenters. The van der Waals surface area contributed by atoms with E-state index in [9.17, 15) is 13.2 Å². The van der Waals surface area contributed by atoms with Gasteiger partial charge in [-0.1, -0.05) is 23.2 Å². The molecule has 1 aliphatic heterocycles. The highest BCUT2D eigenvalue weighted by Gasteiger charge is 2.35. The molecule has 0 fully saturated rings. The van der Waals surface area contributed by atoms with Crippen LogP contribution in [0.1, 0.15) is 30.9 Å². The lowest BCUT2D eigenvalue weighted by Crippen LogP contribution is -2.40. The molecule has 0 aromatic heterocycles. The smallest absolute Gasteiger partial charge is 0.261 e. The minimum atomic E-state index is -3.68. The summed E-state index contributed by atoms with van der Waals surface area (Å²) in [5.74, 6) is 4.78. The number of sulfone groups is 1. The average molecular weight is 350 g/mol. The van der Waals surface area contributed by atoms with E-state index in [4.69, 9.17) is 10.0 Å². The normalized spacial score (nSPS) is 18.0. The maximum atomic E-state index is 11.7. The quantitative estimate of drug-likeness (QED) is 0.465. The molecule has 24 heavy (non-hydrogen) atoms. The minimum absolute atomic E-state index is 0.0857. The highest BCUT2D eigenvalue weighted by Crippen LogP contribution is 2.22. The molecular weight excluding hydrogens is 332 g/mol. The SMILES string of the molecule is CC#Cc1ccc(C2=NOC(CC(C(=O)NO)S(C)(=O)=O)C2)cc1. The Balaban J connectivity index is 2.05. The predicted molar refractivity (Wildman–Crippen MR) is 88.2 cm³/mol. The summed E-state index contributed by atoms with van der Waals surface area (Å²) in [6.07, 6.45) is 0.685. The molecule has 8 heteroatoms. The summed E-state index contributed by atoms with van der Waals surface area (Å²) in [6, 6.07) is 7.44. The summed E-state index contributed by atoms with van der Waals surface area (Å²) in [4.78, 5) is 16.8. The van der Waals surface area contributed by atoms with Crippen LogP contribution in [0.15, 0.2) is 29.4 Å². The van der Waals surface area contributed by atoms with E-state index in [0.29, 0.717) is 12.1 Å². The van der Waals surface area contributed by atoms with Crippen molar-refractivity contribution in [3.63, 3.8) is 0 Å². The van der Waals surface area contributed by atoms with Crippen LogP contribution in [0.5, 0.6) is 0 Å².